The Balaban J connectivity index is 1.93. The smallest absolute Gasteiger partial charge is 0.184 e. The Labute approximate surface area is 99.2 Å². The van der Waals surface area contributed by atoms with E-state index in [1.807, 2.05) is 30.3 Å². The van der Waals surface area contributed by atoms with E-state index in [1.54, 1.807) is 0 Å². The fourth-order valence-corrected chi connectivity index (χ4v) is 1.84. The monoisotopic (exact) mass is 240 g/mol. The Bertz CT molecular complexity index is 342. The fourth-order valence-electron chi connectivity index (χ4n) is 1.84. The van der Waals surface area contributed by atoms with E-state index in [2.05, 4.69) is 0 Å². The minimum absolute atomic E-state index is 0.298. The maximum Gasteiger partial charge on any atom is 0.184 e. The van der Waals surface area contributed by atoms with E-state index < -0.39 is 24.6 Å². The molecule has 0 radical (unpaired) electrons. The molecule has 94 valence electrons. The van der Waals surface area contributed by atoms with Crippen molar-refractivity contribution in [3.05, 3.63) is 35.9 Å². The van der Waals surface area contributed by atoms with Crippen LogP contribution in [0.3, 0.4) is 0 Å². The lowest BCUT2D eigenvalue weighted by Gasteiger charge is -2.19. The summed E-state index contributed by atoms with van der Waals surface area (Å²) in [7, 11) is 0. The van der Waals surface area contributed by atoms with Crippen LogP contribution in [-0.2, 0) is 16.1 Å². The number of aliphatic hydroxyl groups is 3. The average Bonchev–Trinajstić information content (AvgIpc) is 2.64. The second-order valence-corrected chi connectivity index (χ2v) is 4.00. The van der Waals surface area contributed by atoms with Gasteiger partial charge in [-0.3, -0.25) is 0 Å². The van der Waals surface area contributed by atoms with Crippen molar-refractivity contribution in [1.29, 1.82) is 0 Å². The third kappa shape index (κ3) is 2.83. The van der Waals surface area contributed by atoms with Crippen molar-refractivity contribution in [2.75, 3.05) is 6.61 Å². The van der Waals surface area contributed by atoms with Gasteiger partial charge in [0, 0.05) is 0 Å². The molecule has 0 spiro atoms. The predicted molar refractivity (Wildman–Crippen MR) is 59.0 cm³/mol. The molecule has 1 heterocycles. The summed E-state index contributed by atoms with van der Waals surface area (Å²) in [6, 6.07) is 9.47. The standard InChI is InChI=1S/C12H16O5/c13-6-9-11(10(14)12(15)17-9)16-7-8-4-2-1-3-5-8/h1-5,9-15H,6-7H2/t9-,10?,11+,12?/m1/s1. The van der Waals surface area contributed by atoms with Crippen LogP contribution in [0, 0.1) is 0 Å². The lowest BCUT2D eigenvalue weighted by molar-refractivity contribution is -0.132. The zero-order valence-electron chi connectivity index (χ0n) is 9.27. The molecule has 0 amide bonds. The highest BCUT2D eigenvalue weighted by Gasteiger charge is 2.43. The van der Waals surface area contributed by atoms with Gasteiger partial charge in [-0.15, -0.1) is 0 Å². The Morgan fingerprint density at radius 1 is 1.18 bits per heavy atom. The van der Waals surface area contributed by atoms with E-state index in [-0.39, 0.29) is 6.61 Å². The van der Waals surface area contributed by atoms with Gasteiger partial charge >= 0.3 is 0 Å². The van der Waals surface area contributed by atoms with Crippen LogP contribution in [0.1, 0.15) is 5.56 Å². The van der Waals surface area contributed by atoms with Crippen LogP contribution in [-0.4, -0.2) is 46.5 Å². The highest BCUT2D eigenvalue weighted by Crippen LogP contribution is 2.23. The Morgan fingerprint density at radius 3 is 2.53 bits per heavy atom. The van der Waals surface area contributed by atoms with E-state index in [0.717, 1.165) is 5.56 Å². The molecule has 0 aromatic heterocycles. The molecule has 2 unspecified atom stereocenters. The van der Waals surface area contributed by atoms with Gasteiger partial charge in [0.25, 0.3) is 0 Å². The second-order valence-electron chi connectivity index (χ2n) is 4.00. The van der Waals surface area contributed by atoms with Gasteiger partial charge in [0.15, 0.2) is 6.29 Å². The van der Waals surface area contributed by atoms with Gasteiger partial charge in [-0.05, 0) is 5.56 Å². The molecule has 0 saturated carbocycles. The van der Waals surface area contributed by atoms with Crippen LogP contribution >= 0.6 is 0 Å². The molecule has 5 heteroatoms. The van der Waals surface area contributed by atoms with E-state index in [1.165, 1.54) is 0 Å². The SMILES string of the molecule is OC[C@H]1OC(O)C(O)[C@H]1OCc1ccccc1. The third-order valence-electron chi connectivity index (χ3n) is 2.77. The van der Waals surface area contributed by atoms with Crippen molar-refractivity contribution in [3.63, 3.8) is 0 Å². The first kappa shape index (κ1) is 12.5. The molecule has 1 fully saturated rings. The second kappa shape index (κ2) is 5.57. The maximum absolute atomic E-state index is 9.63. The Morgan fingerprint density at radius 2 is 1.88 bits per heavy atom. The summed E-state index contributed by atoms with van der Waals surface area (Å²) in [5.74, 6) is 0. The largest absolute Gasteiger partial charge is 0.394 e. The van der Waals surface area contributed by atoms with Crippen molar-refractivity contribution in [1.82, 2.24) is 0 Å². The van der Waals surface area contributed by atoms with E-state index in [9.17, 15) is 10.2 Å². The third-order valence-corrected chi connectivity index (χ3v) is 2.77. The van der Waals surface area contributed by atoms with Gasteiger partial charge in [-0.2, -0.15) is 0 Å². The highest BCUT2D eigenvalue weighted by molar-refractivity contribution is 5.13. The number of hydrogen-bond acceptors (Lipinski definition) is 5. The Kier molecular flexibility index (Phi) is 4.09. The molecule has 0 aliphatic carbocycles. The quantitative estimate of drug-likeness (QED) is 0.670. The summed E-state index contributed by atoms with van der Waals surface area (Å²) < 4.78 is 10.4. The van der Waals surface area contributed by atoms with Crippen molar-refractivity contribution in [2.45, 2.75) is 31.2 Å². The molecule has 4 atom stereocenters. The molecule has 17 heavy (non-hydrogen) atoms. The lowest BCUT2D eigenvalue weighted by Crippen LogP contribution is -2.36. The molecule has 2 rings (SSSR count). The summed E-state index contributed by atoms with van der Waals surface area (Å²) in [5, 5.41) is 28.0. The molecule has 1 aromatic rings. The van der Waals surface area contributed by atoms with E-state index in [0.29, 0.717) is 6.61 Å². The first-order valence-corrected chi connectivity index (χ1v) is 5.50. The minimum Gasteiger partial charge on any atom is -0.394 e. The van der Waals surface area contributed by atoms with Crippen LogP contribution in [0.15, 0.2) is 30.3 Å². The van der Waals surface area contributed by atoms with Crippen molar-refractivity contribution >= 4 is 0 Å². The molecule has 1 saturated heterocycles. The summed E-state index contributed by atoms with van der Waals surface area (Å²) in [6.07, 6.45) is -3.83. The molecule has 1 aromatic carbocycles. The van der Waals surface area contributed by atoms with Crippen molar-refractivity contribution in [2.24, 2.45) is 0 Å². The predicted octanol–water partition coefficient (Wildman–Crippen LogP) is -0.358. The molecule has 1 aliphatic heterocycles. The zero-order chi connectivity index (χ0) is 12.3. The summed E-state index contributed by atoms with van der Waals surface area (Å²) in [5.41, 5.74) is 0.956. The van der Waals surface area contributed by atoms with E-state index >= 15 is 0 Å². The van der Waals surface area contributed by atoms with Gasteiger partial charge in [0.1, 0.15) is 18.3 Å². The number of benzene rings is 1. The van der Waals surface area contributed by atoms with Crippen molar-refractivity contribution < 1.29 is 24.8 Å². The highest BCUT2D eigenvalue weighted by atomic mass is 16.7. The zero-order valence-corrected chi connectivity index (χ0v) is 9.27. The number of rotatable bonds is 4. The average molecular weight is 240 g/mol. The maximum atomic E-state index is 9.63. The number of hydrogen-bond donors (Lipinski definition) is 3. The molecule has 0 bridgehead atoms. The van der Waals surface area contributed by atoms with Crippen LogP contribution in [0.25, 0.3) is 0 Å². The molecule has 5 nitrogen and oxygen atoms in total. The lowest BCUT2D eigenvalue weighted by atomic mass is 10.1. The van der Waals surface area contributed by atoms with Gasteiger partial charge < -0.3 is 24.8 Å². The van der Waals surface area contributed by atoms with Gasteiger partial charge in [-0.25, -0.2) is 0 Å². The number of ether oxygens (including phenoxy) is 2. The first-order valence-electron chi connectivity index (χ1n) is 5.50. The normalized spacial score (nSPS) is 32.9. The van der Waals surface area contributed by atoms with E-state index in [4.69, 9.17) is 14.6 Å². The van der Waals surface area contributed by atoms with Crippen molar-refractivity contribution in [3.8, 4) is 0 Å². The minimum atomic E-state index is -1.30. The summed E-state index contributed by atoms with van der Waals surface area (Å²) in [6.45, 7) is 0.00270. The molecular formula is C12H16O5. The van der Waals surface area contributed by atoms with Gasteiger partial charge in [-0.1, -0.05) is 30.3 Å². The first-order chi connectivity index (χ1) is 8.22. The van der Waals surface area contributed by atoms with Gasteiger partial charge in [0.05, 0.1) is 13.2 Å². The Hall–Kier alpha value is -0.980. The fraction of sp³-hybridized carbons (Fsp3) is 0.500. The molecule has 3 N–H and O–H groups in total. The summed E-state index contributed by atoms with van der Waals surface area (Å²) >= 11 is 0. The van der Waals surface area contributed by atoms with Crippen LogP contribution in [0.5, 0.6) is 0 Å². The molecule has 1 aliphatic rings. The van der Waals surface area contributed by atoms with Gasteiger partial charge in [0.2, 0.25) is 0 Å². The number of aliphatic hydroxyl groups excluding tert-OH is 3. The summed E-state index contributed by atoms with van der Waals surface area (Å²) in [4.78, 5) is 0. The van der Waals surface area contributed by atoms with Crippen LogP contribution in [0.4, 0.5) is 0 Å². The van der Waals surface area contributed by atoms with Crippen LogP contribution < -0.4 is 0 Å². The topological polar surface area (TPSA) is 79.2 Å². The van der Waals surface area contributed by atoms with Crippen LogP contribution in [0.2, 0.25) is 0 Å². The molecular weight excluding hydrogens is 224 g/mol.